The molecule has 0 saturated carbocycles. The van der Waals surface area contributed by atoms with Crippen molar-refractivity contribution < 1.29 is 33.2 Å². The summed E-state index contributed by atoms with van der Waals surface area (Å²) < 4.78 is 41.9. The van der Waals surface area contributed by atoms with Crippen LogP contribution < -0.4 is 4.74 Å². The molecule has 1 aromatic carbocycles. The van der Waals surface area contributed by atoms with Gasteiger partial charge in [0.1, 0.15) is 30.2 Å². The molecule has 5 atom stereocenters. The summed E-state index contributed by atoms with van der Waals surface area (Å²) in [5.41, 5.74) is 1.05. The molecule has 3 saturated heterocycles. The zero-order chi connectivity index (χ0) is 20.6. The first-order chi connectivity index (χ1) is 13.8. The lowest BCUT2D eigenvalue weighted by Crippen LogP contribution is -2.44. The van der Waals surface area contributed by atoms with Gasteiger partial charge in [-0.15, -0.1) is 0 Å². The number of ether oxygens (including phenoxy) is 7. The quantitative estimate of drug-likeness (QED) is 0.685. The van der Waals surface area contributed by atoms with Crippen LogP contribution in [0.1, 0.15) is 46.6 Å². The molecular weight excluding hydrogens is 376 g/mol. The van der Waals surface area contributed by atoms with Gasteiger partial charge in [-0.2, -0.15) is 0 Å². The van der Waals surface area contributed by atoms with Crippen molar-refractivity contribution in [1.82, 2.24) is 0 Å². The second-order valence-corrected chi connectivity index (χ2v) is 8.70. The molecule has 162 valence electrons. The maximum Gasteiger partial charge on any atom is 0.190 e. The van der Waals surface area contributed by atoms with E-state index < -0.39 is 17.9 Å². The minimum absolute atomic E-state index is 0.235. The molecule has 29 heavy (non-hydrogen) atoms. The summed E-state index contributed by atoms with van der Waals surface area (Å²) in [7, 11) is 0. The Hall–Kier alpha value is -1.22. The largest absolute Gasteiger partial charge is 0.494 e. The van der Waals surface area contributed by atoms with Crippen LogP contribution in [0.2, 0.25) is 0 Å². The summed E-state index contributed by atoms with van der Waals surface area (Å²) in [5, 5.41) is 0. The summed E-state index contributed by atoms with van der Waals surface area (Å²) in [5.74, 6) is -0.469. The van der Waals surface area contributed by atoms with Crippen LogP contribution in [0.5, 0.6) is 5.75 Å². The van der Waals surface area contributed by atoms with Crippen molar-refractivity contribution in [3.05, 3.63) is 29.8 Å². The van der Waals surface area contributed by atoms with Crippen LogP contribution in [0, 0.1) is 0 Å². The fourth-order valence-electron chi connectivity index (χ4n) is 3.96. The molecule has 3 aliphatic heterocycles. The molecule has 0 spiro atoms. The van der Waals surface area contributed by atoms with E-state index in [1.54, 1.807) is 0 Å². The van der Waals surface area contributed by atoms with Crippen LogP contribution in [0.3, 0.4) is 0 Å². The van der Waals surface area contributed by atoms with E-state index >= 15 is 0 Å². The SMILES string of the molecule is CCCOc1ccc(CO[C@@H]2[C@H]3OC(C)(C)O[C@H]3O[C@@H]2[C@H]2COC(C)(C)O2)cc1. The molecule has 3 heterocycles. The van der Waals surface area contributed by atoms with E-state index in [2.05, 4.69) is 6.92 Å². The molecule has 0 radical (unpaired) electrons. The number of rotatable bonds is 7. The Bertz CT molecular complexity index is 687. The van der Waals surface area contributed by atoms with Gasteiger partial charge < -0.3 is 33.2 Å². The molecule has 0 aromatic heterocycles. The molecule has 0 N–H and O–H groups in total. The van der Waals surface area contributed by atoms with E-state index in [1.165, 1.54) is 0 Å². The summed E-state index contributed by atoms with van der Waals surface area (Å²) in [6.45, 7) is 11.3. The second kappa shape index (κ2) is 8.13. The Kier molecular flexibility index (Phi) is 5.90. The van der Waals surface area contributed by atoms with Gasteiger partial charge in [-0.25, -0.2) is 0 Å². The molecule has 0 unspecified atom stereocenters. The zero-order valence-electron chi connectivity index (χ0n) is 17.9. The second-order valence-electron chi connectivity index (χ2n) is 8.70. The number of benzene rings is 1. The average molecular weight is 408 g/mol. The Morgan fingerprint density at radius 3 is 2.38 bits per heavy atom. The van der Waals surface area contributed by atoms with Gasteiger partial charge in [0.15, 0.2) is 17.9 Å². The monoisotopic (exact) mass is 408 g/mol. The van der Waals surface area contributed by atoms with Crippen LogP contribution in [0.25, 0.3) is 0 Å². The first kappa shape index (κ1) is 21.0. The number of hydrogen-bond acceptors (Lipinski definition) is 7. The van der Waals surface area contributed by atoms with Crippen molar-refractivity contribution in [1.29, 1.82) is 0 Å². The highest BCUT2D eigenvalue weighted by Crippen LogP contribution is 2.42. The third-order valence-electron chi connectivity index (χ3n) is 5.26. The van der Waals surface area contributed by atoms with Crippen LogP contribution in [0.4, 0.5) is 0 Å². The molecule has 1 aromatic rings. The lowest BCUT2D eigenvalue weighted by molar-refractivity contribution is -0.236. The normalized spacial score (nSPS) is 35.0. The van der Waals surface area contributed by atoms with Crippen LogP contribution >= 0.6 is 0 Å². The maximum absolute atomic E-state index is 6.30. The van der Waals surface area contributed by atoms with E-state index in [0.717, 1.165) is 17.7 Å². The topological polar surface area (TPSA) is 64.6 Å². The lowest BCUT2D eigenvalue weighted by Gasteiger charge is -2.29. The first-order valence-corrected chi connectivity index (χ1v) is 10.4. The minimum atomic E-state index is -0.702. The van der Waals surface area contributed by atoms with Crippen molar-refractivity contribution in [2.45, 2.75) is 89.9 Å². The zero-order valence-corrected chi connectivity index (χ0v) is 17.9. The van der Waals surface area contributed by atoms with E-state index in [9.17, 15) is 0 Å². The first-order valence-electron chi connectivity index (χ1n) is 10.4. The highest BCUT2D eigenvalue weighted by atomic mass is 16.8. The molecular formula is C22H32O7. The maximum atomic E-state index is 6.30. The van der Waals surface area contributed by atoms with Gasteiger partial charge in [0, 0.05) is 0 Å². The summed E-state index contributed by atoms with van der Waals surface area (Å²) >= 11 is 0. The molecule has 0 amide bonds. The predicted octanol–water partition coefficient (Wildman–Crippen LogP) is 3.39. The van der Waals surface area contributed by atoms with Gasteiger partial charge in [0.05, 0.1) is 19.8 Å². The predicted molar refractivity (Wildman–Crippen MR) is 104 cm³/mol. The third-order valence-corrected chi connectivity index (χ3v) is 5.26. The number of fused-ring (bicyclic) bond motifs is 1. The van der Waals surface area contributed by atoms with Gasteiger partial charge in [-0.05, 0) is 51.8 Å². The van der Waals surface area contributed by atoms with Crippen LogP contribution in [-0.4, -0.2) is 55.5 Å². The minimum Gasteiger partial charge on any atom is -0.494 e. The van der Waals surface area contributed by atoms with Gasteiger partial charge in [0.25, 0.3) is 0 Å². The van der Waals surface area contributed by atoms with Gasteiger partial charge >= 0.3 is 0 Å². The Labute approximate surface area is 172 Å². The van der Waals surface area contributed by atoms with Crippen LogP contribution in [-0.2, 0) is 35.0 Å². The summed E-state index contributed by atoms with van der Waals surface area (Å²) in [6, 6.07) is 7.96. The molecule has 7 heteroatoms. The van der Waals surface area contributed by atoms with E-state index in [1.807, 2.05) is 52.0 Å². The fourth-order valence-corrected chi connectivity index (χ4v) is 3.96. The van der Waals surface area contributed by atoms with Crippen molar-refractivity contribution in [2.75, 3.05) is 13.2 Å². The Morgan fingerprint density at radius 1 is 0.966 bits per heavy atom. The van der Waals surface area contributed by atoms with Crippen molar-refractivity contribution in [3.8, 4) is 5.75 Å². The van der Waals surface area contributed by atoms with Gasteiger partial charge in [0.2, 0.25) is 0 Å². The molecule has 7 nitrogen and oxygen atoms in total. The highest BCUT2D eigenvalue weighted by molar-refractivity contribution is 5.26. The summed E-state index contributed by atoms with van der Waals surface area (Å²) in [4.78, 5) is 0. The van der Waals surface area contributed by atoms with Crippen LogP contribution in [0.15, 0.2) is 24.3 Å². The molecule has 4 rings (SSSR count). The van der Waals surface area contributed by atoms with E-state index in [4.69, 9.17) is 33.2 Å². The Balaban J connectivity index is 1.43. The molecule has 3 aliphatic rings. The smallest absolute Gasteiger partial charge is 0.190 e. The lowest BCUT2D eigenvalue weighted by atomic mass is 10.1. The van der Waals surface area contributed by atoms with E-state index in [-0.39, 0.29) is 24.4 Å². The highest BCUT2D eigenvalue weighted by Gasteiger charge is 2.58. The van der Waals surface area contributed by atoms with E-state index in [0.29, 0.717) is 19.8 Å². The van der Waals surface area contributed by atoms with Crippen molar-refractivity contribution >= 4 is 0 Å². The standard InChI is InChI=1S/C22H32O7/c1-6-11-23-15-9-7-14(8-10-15)12-24-18-17(16-13-25-21(2,3)27-16)26-20-19(18)28-22(4,5)29-20/h7-10,16-20H,6,11-13H2,1-5H3/t16-,17-,18+,19-,20-/m1/s1. The van der Waals surface area contributed by atoms with Crippen molar-refractivity contribution in [3.63, 3.8) is 0 Å². The van der Waals surface area contributed by atoms with Gasteiger partial charge in [-0.3, -0.25) is 0 Å². The molecule has 0 bridgehead atoms. The Morgan fingerprint density at radius 2 is 1.72 bits per heavy atom. The summed E-state index contributed by atoms with van der Waals surface area (Å²) in [6.07, 6.45) is -0.679. The fraction of sp³-hybridized carbons (Fsp3) is 0.727. The third kappa shape index (κ3) is 4.76. The van der Waals surface area contributed by atoms with Gasteiger partial charge in [-0.1, -0.05) is 19.1 Å². The molecule has 0 aliphatic carbocycles. The average Bonchev–Trinajstić information content (AvgIpc) is 3.28. The molecule has 3 fully saturated rings. The van der Waals surface area contributed by atoms with Crippen molar-refractivity contribution in [2.24, 2.45) is 0 Å². The number of hydrogen-bond donors (Lipinski definition) is 0.